The van der Waals surface area contributed by atoms with Crippen LogP contribution >= 0.6 is 0 Å². The molecule has 1 unspecified atom stereocenters. The fourth-order valence-electron chi connectivity index (χ4n) is 1.08. The first kappa shape index (κ1) is 12.6. The molecule has 0 spiro atoms. The number of rotatable bonds is 4. The number of hydrogen-bond donors (Lipinski definition) is 2. The van der Waals surface area contributed by atoms with Gasteiger partial charge in [-0.25, -0.2) is 4.39 Å². The zero-order valence-electron chi connectivity index (χ0n) is 9.40. The van der Waals surface area contributed by atoms with Crippen LogP contribution in [0.5, 0.6) is 0 Å². The topological polar surface area (TPSA) is 68.0 Å². The van der Waals surface area contributed by atoms with Crippen LogP contribution in [-0.4, -0.2) is 23.5 Å². The van der Waals surface area contributed by atoms with Gasteiger partial charge in [0.2, 0.25) is 0 Å². The van der Waals surface area contributed by atoms with Gasteiger partial charge in [-0.1, -0.05) is 13.8 Å². The van der Waals surface area contributed by atoms with E-state index in [0.717, 1.165) is 12.3 Å². The minimum Gasteiger partial charge on any atom is -0.350 e. The normalized spacial score (nSPS) is 12.6. The van der Waals surface area contributed by atoms with Crippen LogP contribution in [0.3, 0.4) is 0 Å². The van der Waals surface area contributed by atoms with Crippen LogP contribution in [0, 0.1) is 11.7 Å². The molecule has 0 saturated carbocycles. The van der Waals surface area contributed by atoms with Crippen LogP contribution in [0.2, 0.25) is 0 Å². The first-order chi connectivity index (χ1) is 7.50. The molecule has 0 aliphatic carbocycles. The molecule has 1 aromatic rings. The molecule has 0 saturated heterocycles. The van der Waals surface area contributed by atoms with Crippen molar-refractivity contribution in [2.45, 2.75) is 19.9 Å². The van der Waals surface area contributed by atoms with E-state index in [-0.39, 0.29) is 23.4 Å². The molecule has 1 heterocycles. The Labute approximate surface area is 94.1 Å². The fourth-order valence-corrected chi connectivity index (χ4v) is 1.08. The van der Waals surface area contributed by atoms with E-state index in [4.69, 9.17) is 5.73 Å². The second kappa shape index (κ2) is 5.55. The standard InChI is InChI=1S/C11H16FN3O/c1-7(2)10(13)6-15-11(16)8-3-9(12)5-14-4-8/h3-5,7,10H,6,13H2,1-2H3,(H,15,16). The zero-order chi connectivity index (χ0) is 12.1. The van der Waals surface area contributed by atoms with Crippen molar-refractivity contribution < 1.29 is 9.18 Å². The minimum absolute atomic E-state index is 0.106. The molecule has 0 fully saturated rings. The third-order valence-corrected chi connectivity index (χ3v) is 2.32. The van der Waals surface area contributed by atoms with Crippen LogP contribution in [0.1, 0.15) is 24.2 Å². The molecule has 0 radical (unpaired) electrons. The molecule has 3 N–H and O–H groups in total. The Morgan fingerprint density at radius 1 is 1.56 bits per heavy atom. The average Bonchev–Trinajstić information content (AvgIpc) is 2.25. The molecule has 0 aliphatic heterocycles. The summed E-state index contributed by atoms with van der Waals surface area (Å²) in [5.41, 5.74) is 5.97. The number of halogens is 1. The van der Waals surface area contributed by atoms with Gasteiger partial charge < -0.3 is 11.1 Å². The number of nitrogens with one attached hydrogen (secondary N) is 1. The fraction of sp³-hybridized carbons (Fsp3) is 0.455. The van der Waals surface area contributed by atoms with Crippen LogP contribution in [0.25, 0.3) is 0 Å². The molecule has 16 heavy (non-hydrogen) atoms. The van der Waals surface area contributed by atoms with Crippen molar-refractivity contribution >= 4 is 5.91 Å². The SMILES string of the molecule is CC(C)C(N)CNC(=O)c1cncc(F)c1. The second-order valence-corrected chi connectivity index (χ2v) is 4.01. The van der Waals surface area contributed by atoms with Gasteiger partial charge in [0.25, 0.3) is 5.91 Å². The van der Waals surface area contributed by atoms with E-state index in [1.165, 1.54) is 6.20 Å². The minimum atomic E-state index is -0.527. The summed E-state index contributed by atoms with van der Waals surface area (Å²) in [5.74, 6) is -0.602. The molecule has 1 amide bonds. The highest BCUT2D eigenvalue weighted by Crippen LogP contribution is 2.01. The zero-order valence-corrected chi connectivity index (χ0v) is 9.40. The number of carbonyl (C=O) groups excluding carboxylic acids is 1. The predicted octanol–water partition coefficient (Wildman–Crippen LogP) is 0.934. The van der Waals surface area contributed by atoms with Gasteiger partial charge in [0.05, 0.1) is 11.8 Å². The van der Waals surface area contributed by atoms with Crippen molar-refractivity contribution in [2.75, 3.05) is 6.54 Å². The summed E-state index contributed by atoms with van der Waals surface area (Å²) < 4.78 is 12.8. The van der Waals surface area contributed by atoms with Crippen molar-refractivity contribution in [1.82, 2.24) is 10.3 Å². The molecule has 4 nitrogen and oxygen atoms in total. The molecule has 1 atom stereocenters. The first-order valence-corrected chi connectivity index (χ1v) is 5.15. The Morgan fingerprint density at radius 2 is 2.25 bits per heavy atom. The van der Waals surface area contributed by atoms with E-state index in [2.05, 4.69) is 10.3 Å². The Kier molecular flexibility index (Phi) is 4.37. The number of aromatic nitrogens is 1. The van der Waals surface area contributed by atoms with E-state index in [1.54, 1.807) is 0 Å². The number of pyridine rings is 1. The number of nitrogens with two attached hydrogens (primary N) is 1. The molecule has 1 rings (SSSR count). The van der Waals surface area contributed by atoms with Gasteiger partial charge in [0.1, 0.15) is 5.82 Å². The smallest absolute Gasteiger partial charge is 0.253 e. The lowest BCUT2D eigenvalue weighted by atomic mass is 10.1. The lowest BCUT2D eigenvalue weighted by molar-refractivity contribution is 0.0948. The van der Waals surface area contributed by atoms with E-state index in [0.29, 0.717) is 6.54 Å². The third kappa shape index (κ3) is 3.58. The monoisotopic (exact) mass is 225 g/mol. The summed E-state index contributed by atoms with van der Waals surface area (Å²) in [6.45, 7) is 4.31. The van der Waals surface area contributed by atoms with E-state index < -0.39 is 5.82 Å². The summed E-state index contributed by atoms with van der Waals surface area (Å²) in [4.78, 5) is 15.2. The summed E-state index contributed by atoms with van der Waals surface area (Å²) >= 11 is 0. The summed E-state index contributed by atoms with van der Waals surface area (Å²) in [6.07, 6.45) is 2.37. The molecule has 0 bridgehead atoms. The van der Waals surface area contributed by atoms with Gasteiger partial charge in [-0.05, 0) is 12.0 Å². The van der Waals surface area contributed by atoms with Gasteiger partial charge >= 0.3 is 0 Å². The molecule has 0 aromatic carbocycles. The molecular weight excluding hydrogens is 209 g/mol. The highest BCUT2D eigenvalue weighted by Gasteiger charge is 2.11. The highest BCUT2D eigenvalue weighted by atomic mass is 19.1. The quantitative estimate of drug-likeness (QED) is 0.801. The van der Waals surface area contributed by atoms with Gasteiger partial charge in [-0.15, -0.1) is 0 Å². The first-order valence-electron chi connectivity index (χ1n) is 5.15. The molecule has 5 heteroatoms. The Morgan fingerprint density at radius 3 is 2.81 bits per heavy atom. The van der Waals surface area contributed by atoms with E-state index in [9.17, 15) is 9.18 Å². The van der Waals surface area contributed by atoms with Gasteiger partial charge in [-0.3, -0.25) is 9.78 Å². The largest absolute Gasteiger partial charge is 0.350 e. The Hall–Kier alpha value is -1.49. The van der Waals surface area contributed by atoms with Gasteiger partial charge in [0, 0.05) is 18.8 Å². The maximum atomic E-state index is 12.8. The summed E-state index contributed by atoms with van der Waals surface area (Å²) in [5, 5.41) is 2.64. The van der Waals surface area contributed by atoms with Crippen LogP contribution in [0.15, 0.2) is 18.5 Å². The van der Waals surface area contributed by atoms with Crippen molar-refractivity contribution in [3.63, 3.8) is 0 Å². The Bertz CT molecular complexity index is 368. The van der Waals surface area contributed by atoms with Crippen molar-refractivity contribution in [2.24, 2.45) is 11.7 Å². The maximum Gasteiger partial charge on any atom is 0.253 e. The van der Waals surface area contributed by atoms with Crippen molar-refractivity contribution in [3.8, 4) is 0 Å². The number of nitrogens with zero attached hydrogens (tertiary/aromatic N) is 1. The predicted molar refractivity (Wildman–Crippen MR) is 59.3 cm³/mol. The highest BCUT2D eigenvalue weighted by molar-refractivity contribution is 5.93. The third-order valence-electron chi connectivity index (χ3n) is 2.32. The average molecular weight is 225 g/mol. The number of carbonyl (C=O) groups is 1. The van der Waals surface area contributed by atoms with Crippen LogP contribution in [0.4, 0.5) is 4.39 Å². The lowest BCUT2D eigenvalue weighted by Crippen LogP contribution is -2.40. The Balaban J connectivity index is 2.53. The van der Waals surface area contributed by atoms with Crippen molar-refractivity contribution in [1.29, 1.82) is 0 Å². The van der Waals surface area contributed by atoms with E-state index >= 15 is 0 Å². The van der Waals surface area contributed by atoms with Gasteiger partial charge in [-0.2, -0.15) is 0 Å². The van der Waals surface area contributed by atoms with Crippen LogP contribution < -0.4 is 11.1 Å². The second-order valence-electron chi connectivity index (χ2n) is 4.01. The van der Waals surface area contributed by atoms with Gasteiger partial charge in [0.15, 0.2) is 0 Å². The number of amides is 1. The number of hydrogen-bond acceptors (Lipinski definition) is 3. The van der Waals surface area contributed by atoms with Crippen molar-refractivity contribution in [3.05, 3.63) is 29.8 Å². The summed E-state index contributed by atoms with van der Waals surface area (Å²) in [6, 6.07) is 1.04. The molecular formula is C11H16FN3O. The lowest BCUT2D eigenvalue weighted by Gasteiger charge is -2.15. The maximum absolute atomic E-state index is 12.8. The summed E-state index contributed by atoms with van der Waals surface area (Å²) in [7, 11) is 0. The molecule has 88 valence electrons. The molecule has 1 aromatic heterocycles. The van der Waals surface area contributed by atoms with Crippen LogP contribution in [-0.2, 0) is 0 Å². The van der Waals surface area contributed by atoms with E-state index in [1.807, 2.05) is 13.8 Å². The molecule has 0 aliphatic rings.